The lowest BCUT2D eigenvalue weighted by molar-refractivity contribution is 0.0697. The van der Waals surface area contributed by atoms with Crippen molar-refractivity contribution in [2.75, 3.05) is 12.4 Å². The van der Waals surface area contributed by atoms with Gasteiger partial charge in [0.2, 0.25) is 0 Å². The molecule has 0 radical (unpaired) electrons. The zero-order valence-corrected chi connectivity index (χ0v) is 17.7. The van der Waals surface area contributed by atoms with Crippen molar-refractivity contribution in [2.45, 2.75) is 89.9 Å². The molecule has 0 aliphatic rings. The van der Waals surface area contributed by atoms with E-state index in [-0.39, 0.29) is 0 Å². The van der Waals surface area contributed by atoms with Gasteiger partial charge in [0, 0.05) is 0 Å². The number of thiol groups is 1. The lowest BCUT2D eigenvalue weighted by Gasteiger charge is -2.06. The Morgan fingerprint density at radius 3 is 1.52 bits per heavy atom. The number of benzene rings is 1. The van der Waals surface area contributed by atoms with Gasteiger partial charge in [-0.1, -0.05) is 77.0 Å². The molecule has 154 valence electrons. The third-order valence-electron chi connectivity index (χ3n) is 4.92. The number of rotatable bonds is 18. The average molecular weight is 395 g/mol. The molecule has 0 fully saturated rings. The summed E-state index contributed by atoms with van der Waals surface area (Å²) < 4.78 is 5.66. The summed E-state index contributed by atoms with van der Waals surface area (Å²) >= 11 is 4.24. The van der Waals surface area contributed by atoms with Crippen LogP contribution in [0.15, 0.2) is 24.3 Å². The Hall–Kier alpha value is -1.16. The largest absolute Gasteiger partial charge is 0.494 e. The number of hydrogen-bond donors (Lipinski definition) is 2. The number of carbonyl (C=O) groups is 1. The highest BCUT2D eigenvalue weighted by atomic mass is 32.1. The van der Waals surface area contributed by atoms with E-state index in [1.807, 2.05) is 0 Å². The first-order valence-corrected chi connectivity index (χ1v) is 11.4. The fourth-order valence-electron chi connectivity index (χ4n) is 3.22. The Kier molecular flexibility index (Phi) is 15.0. The maximum absolute atomic E-state index is 10.8. The summed E-state index contributed by atoms with van der Waals surface area (Å²) in [6.07, 6.45) is 18.7. The third kappa shape index (κ3) is 13.6. The molecular formula is C23H38O3S. The van der Waals surface area contributed by atoms with E-state index in [2.05, 4.69) is 12.6 Å². The smallest absolute Gasteiger partial charge is 0.335 e. The quantitative estimate of drug-likeness (QED) is 0.205. The third-order valence-corrected chi connectivity index (χ3v) is 5.24. The highest BCUT2D eigenvalue weighted by molar-refractivity contribution is 7.80. The van der Waals surface area contributed by atoms with Gasteiger partial charge in [0.05, 0.1) is 12.2 Å². The minimum atomic E-state index is -0.901. The van der Waals surface area contributed by atoms with Crippen molar-refractivity contribution in [1.82, 2.24) is 0 Å². The van der Waals surface area contributed by atoms with E-state index in [4.69, 9.17) is 9.84 Å². The van der Waals surface area contributed by atoms with Crippen LogP contribution < -0.4 is 4.74 Å². The number of hydrogen-bond acceptors (Lipinski definition) is 3. The van der Waals surface area contributed by atoms with Crippen molar-refractivity contribution in [3.63, 3.8) is 0 Å². The van der Waals surface area contributed by atoms with E-state index in [9.17, 15) is 4.79 Å². The second-order valence-corrected chi connectivity index (χ2v) is 7.80. The van der Waals surface area contributed by atoms with Crippen LogP contribution in [0.4, 0.5) is 0 Å². The van der Waals surface area contributed by atoms with Crippen molar-refractivity contribution < 1.29 is 14.6 Å². The molecule has 0 unspecified atom stereocenters. The molecular weight excluding hydrogens is 356 g/mol. The minimum Gasteiger partial charge on any atom is -0.494 e. The monoisotopic (exact) mass is 394 g/mol. The van der Waals surface area contributed by atoms with Crippen molar-refractivity contribution in [2.24, 2.45) is 0 Å². The van der Waals surface area contributed by atoms with Crippen LogP contribution in [-0.4, -0.2) is 23.4 Å². The molecule has 0 heterocycles. The fourth-order valence-corrected chi connectivity index (χ4v) is 3.44. The van der Waals surface area contributed by atoms with Gasteiger partial charge >= 0.3 is 5.97 Å². The molecule has 3 nitrogen and oxygen atoms in total. The molecule has 1 rings (SSSR count). The lowest BCUT2D eigenvalue weighted by Crippen LogP contribution is -1.99. The number of ether oxygens (including phenoxy) is 1. The average Bonchev–Trinajstić information content (AvgIpc) is 2.68. The second-order valence-electron chi connectivity index (χ2n) is 7.35. The van der Waals surface area contributed by atoms with Gasteiger partial charge in [-0.15, -0.1) is 0 Å². The van der Waals surface area contributed by atoms with Gasteiger partial charge in [0.15, 0.2) is 0 Å². The van der Waals surface area contributed by atoms with Gasteiger partial charge in [-0.2, -0.15) is 12.6 Å². The molecule has 0 aromatic heterocycles. The van der Waals surface area contributed by atoms with Crippen molar-refractivity contribution in [3.05, 3.63) is 29.8 Å². The predicted octanol–water partition coefficient (Wildman–Crippen LogP) is 7.15. The zero-order chi connectivity index (χ0) is 19.6. The molecule has 0 spiro atoms. The van der Waals surface area contributed by atoms with Crippen LogP contribution in [0.25, 0.3) is 0 Å². The summed E-state index contributed by atoms with van der Waals surface area (Å²) in [6.45, 7) is 0.709. The van der Waals surface area contributed by atoms with Crippen LogP contribution in [-0.2, 0) is 0 Å². The van der Waals surface area contributed by atoms with E-state index < -0.39 is 5.97 Å². The SMILES string of the molecule is O=C(O)c1ccc(OCCCCCCCCCCCCCCCCS)cc1. The Morgan fingerprint density at radius 1 is 0.704 bits per heavy atom. The molecule has 0 aliphatic heterocycles. The second kappa shape index (κ2) is 17.0. The Labute approximate surface area is 171 Å². The summed E-state index contributed by atoms with van der Waals surface area (Å²) in [7, 11) is 0. The standard InChI is InChI=1S/C23H38O3S/c24-23(25)21-15-17-22(18-16-21)26-19-13-11-9-7-5-3-1-2-4-6-8-10-12-14-20-27/h15-18,27H,1-14,19-20H2,(H,24,25). The molecule has 0 saturated carbocycles. The van der Waals surface area contributed by atoms with E-state index in [1.165, 1.54) is 83.5 Å². The normalized spacial score (nSPS) is 10.9. The first kappa shape index (κ1) is 23.9. The van der Waals surface area contributed by atoms with E-state index in [0.717, 1.165) is 17.9 Å². The van der Waals surface area contributed by atoms with Gasteiger partial charge in [-0.25, -0.2) is 4.79 Å². The summed E-state index contributed by atoms with van der Waals surface area (Å²) in [6, 6.07) is 6.62. The van der Waals surface area contributed by atoms with E-state index >= 15 is 0 Å². The fraction of sp³-hybridized carbons (Fsp3) is 0.696. The number of aromatic carboxylic acids is 1. The Morgan fingerprint density at radius 2 is 1.11 bits per heavy atom. The molecule has 0 atom stereocenters. The van der Waals surface area contributed by atoms with Crippen molar-refractivity contribution in [3.8, 4) is 5.75 Å². The molecule has 0 aliphatic carbocycles. The van der Waals surface area contributed by atoms with Crippen LogP contribution in [0.1, 0.15) is 100 Å². The molecule has 4 heteroatoms. The van der Waals surface area contributed by atoms with Gasteiger partial charge in [-0.05, 0) is 42.9 Å². The summed E-state index contributed by atoms with van der Waals surface area (Å²) in [5.41, 5.74) is 0.298. The first-order chi connectivity index (χ1) is 13.2. The summed E-state index contributed by atoms with van der Waals surface area (Å²) in [5.74, 6) is 0.887. The number of unbranched alkanes of at least 4 members (excludes halogenated alkanes) is 13. The highest BCUT2D eigenvalue weighted by Gasteiger charge is 2.02. The molecule has 0 amide bonds. The van der Waals surface area contributed by atoms with Crippen LogP contribution in [0.3, 0.4) is 0 Å². The van der Waals surface area contributed by atoms with Crippen molar-refractivity contribution >= 4 is 18.6 Å². The molecule has 1 aromatic carbocycles. The van der Waals surface area contributed by atoms with Crippen LogP contribution in [0.2, 0.25) is 0 Å². The zero-order valence-electron chi connectivity index (χ0n) is 16.8. The maximum Gasteiger partial charge on any atom is 0.335 e. The molecule has 1 N–H and O–H groups in total. The maximum atomic E-state index is 10.8. The number of carboxylic acids is 1. The topological polar surface area (TPSA) is 46.5 Å². The molecule has 1 aromatic rings. The molecule has 27 heavy (non-hydrogen) atoms. The van der Waals surface area contributed by atoms with Crippen LogP contribution in [0, 0.1) is 0 Å². The van der Waals surface area contributed by atoms with E-state index in [0.29, 0.717) is 12.2 Å². The first-order valence-electron chi connectivity index (χ1n) is 10.8. The number of carboxylic acid groups (broad SMARTS) is 1. The van der Waals surface area contributed by atoms with Crippen LogP contribution in [0.5, 0.6) is 5.75 Å². The van der Waals surface area contributed by atoms with Crippen molar-refractivity contribution in [1.29, 1.82) is 0 Å². The van der Waals surface area contributed by atoms with Crippen LogP contribution >= 0.6 is 12.6 Å². The Bertz CT molecular complexity index is 473. The predicted molar refractivity (Wildman–Crippen MR) is 117 cm³/mol. The van der Waals surface area contributed by atoms with Gasteiger partial charge < -0.3 is 9.84 Å². The minimum absolute atomic E-state index is 0.298. The van der Waals surface area contributed by atoms with Gasteiger partial charge in [0.25, 0.3) is 0 Å². The lowest BCUT2D eigenvalue weighted by atomic mass is 10.0. The summed E-state index contributed by atoms with van der Waals surface area (Å²) in [4.78, 5) is 10.8. The highest BCUT2D eigenvalue weighted by Crippen LogP contribution is 2.15. The summed E-state index contributed by atoms with van der Waals surface area (Å²) in [5, 5.41) is 8.86. The van der Waals surface area contributed by atoms with Gasteiger partial charge in [0.1, 0.15) is 5.75 Å². The van der Waals surface area contributed by atoms with E-state index in [1.54, 1.807) is 24.3 Å². The molecule has 0 bridgehead atoms. The molecule has 0 saturated heterocycles. The van der Waals surface area contributed by atoms with Gasteiger partial charge in [-0.3, -0.25) is 0 Å². The Balaban J connectivity index is 1.81.